The van der Waals surface area contributed by atoms with E-state index in [2.05, 4.69) is 4.37 Å². The number of rotatable bonds is 6. The molecule has 0 atom stereocenters. The van der Waals surface area contributed by atoms with Crippen molar-refractivity contribution in [3.8, 4) is 45.4 Å². The van der Waals surface area contributed by atoms with Crippen molar-refractivity contribution in [3.63, 3.8) is 0 Å². The van der Waals surface area contributed by atoms with Crippen LogP contribution in [0.1, 0.15) is 5.56 Å². The minimum atomic E-state index is 0.581. The van der Waals surface area contributed by atoms with Crippen molar-refractivity contribution in [3.05, 3.63) is 41.3 Å². The van der Waals surface area contributed by atoms with Gasteiger partial charge in [-0.05, 0) is 42.2 Å². The maximum absolute atomic E-state index is 5.58. The average molecular weight is 371 g/mol. The Morgan fingerprint density at radius 2 is 1.50 bits per heavy atom. The van der Waals surface area contributed by atoms with Crippen molar-refractivity contribution in [1.29, 1.82) is 0 Å². The Hall–Kier alpha value is -2.73. The minimum Gasteiger partial charge on any atom is -0.497 e. The fourth-order valence-electron chi connectivity index (χ4n) is 2.95. The summed E-state index contributed by atoms with van der Waals surface area (Å²) in [6.07, 6.45) is 0. The number of ether oxygens (including phenoxy) is 4. The maximum Gasteiger partial charge on any atom is 0.203 e. The van der Waals surface area contributed by atoms with Gasteiger partial charge in [0.25, 0.3) is 0 Å². The summed E-state index contributed by atoms with van der Waals surface area (Å²) in [6.45, 7) is 1.99. The molecule has 0 unspecified atom stereocenters. The molecular weight excluding hydrogens is 350 g/mol. The Labute approximate surface area is 157 Å². The van der Waals surface area contributed by atoms with Crippen LogP contribution >= 0.6 is 11.5 Å². The largest absolute Gasteiger partial charge is 0.497 e. The first-order chi connectivity index (χ1) is 12.6. The highest BCUT2D eigenvalue weighted by Gasteiger charge is 2.22. The molecule has 0 saturated heterocycles. The lowest BCUT2D eigenvalue weighted by atomic mass is 9.97. The number of benzene rings is 2. The van der Waals surface area contributed by atoms with Crippen LogP contribution in [0.25, 0.3) is 22.4 Å². The topological polar surface area (TPSA) is 49.8 Å². The summed E-state index contributed by atoms with van der Waals surface area (Å²) in [5, 5.41) is 2.04. The van der Waals surface area contributed by atoms with Crippen molar-refractivity contribution >= 4 is 11.5 Å². The summed E-state index contributed by atoms with van der Waals surface area (Å²) >= 11 is 1.42. The van der Waals surface area contributed by atoms with Crippen molar-refractivity contribution < 1.29 is 18.9 Å². The van der Waals surface area contributed by atoms with Crippen molar-refractivity contribution in [2.75, 3.05) is 28.4 Å². The molecule has 1 heterocycles. The minimum absolute atomic E-state index is 0.581. The number of hydrogen-bond acceptors (Lipinski definition) is 6. The summed E-state index contributed by atoms with van der Waals surface area (Å²) in [4.78, 5) is 0. The number of hydrogen-bond donors (Lipinski definition) is 0. The van der Waals surface area contributed by atoms with E-state index >= 15 is 0 Å². The second kappa shape index (κ2) is 7.66. The van der Waals surface area contributed by atoms with Gasteiger partial charge in [0.1, 0.15) is 5.75 Å². The van der Waals surface area contributed by atoms with Crippen LogP contribution in [0.15, 0.2) is 35.7 Å². The average Bonchev–Trinajstić information content (AvgIpc) is 3.17. The zero-order valence-corrected chi connectivity index (χ0v) is 16.3. The molecule has 0 saturated carbocycles. The highest BCUT2D eigenvalue weighted by Crippen LogP contribution is 2.46. The molecule has 1 aromatic heterocycles. The van der Waals surface area contributed by atoms with E-state index in [1.54, 1.807) is 28.4 Å². The van der Waals surface area contributed by atoms with E-state index < -0.39 is 0 Å². The maximum atomic E-state index is 5.58. The molecule has 0 bridgehead atoms. The molecular formula is C20H21NO4S. The van der Waals surface area contributed by atoms with Gasteiger partial charge in [0.2, 0.25) is 5.75 Å². The molecule has 0 fully saturated rings. The number of methoxy groups -OCH3 is 4. The van der Waals surface area contributed by atoms with Crippen molar-refractivity contribution in [2.24, 2.45) is 0 Å². The van der Waals surface area contributed by atoms with Gasteiger partial charge in [-0.15, -0.1) is 0 Å². The van der Waals surface area contributed by atoms with Crippen molar-refractivity contribution in [1.82, 2.24) is 4.37 Å². The van der Waals surface area contributed by atoms with E-state index in [9.17, 15) is 0 Å². The third kappa shape index (κ3) is 3.08. The van der Waals surface area contributed by atoms with Crippen LogP contribution in [0.3, 0.4) is 0 Å². The van der Waals surface area contributed by atoms with E-state index in [-0.39, 0.29) is 0 Å². The van der Waals surface area contributed by atoms with Gasteiger partial charge in [-0.25, -0.2) is 0 Å². The highest BCUT2D eigenvalue weighted by molar-refractivity contribution is 7.04. The fourth-order valence-corrected chi connectivity index (χ4v) is 3.66. The first-order valence-electron chi connectivity index (χ1n) is 8.03. The molecule has 3 aromatic rings. The SMILES string of the molecule is COc1ccc(-c2csnc2-c2cc(OC)c(OC)c(OC)c2C)cc1. The summed E-state index contributed by atoms with van der Waals surface area (Å²) in [6, 6.07) is 9.88. The van der Waals surface area contributed by atoms with Crippen LogP contribution in [-0.2, 0) is 0 Å². The van der Waals surface area contributed by atoms with Gasteiger partial charge < -0.3 is 18.9 Å². The standard InChI is InChI=1S/C20H21NO4S/c1-12-15(10-17(23-3)20(25-5)19(12)24-4)18-16(11-26-21-18)13-6-8-14(22-2)9-7-13/h6-11H,1-5H3. The highest BCUT2D eigenvalue weighted by atomic mass is 32.1. The normalized spacial score (nSPS) is 10.5. The molecule has 6 heteroatoms. The van der Waals surface area contributed by atoms with E-state index in [0.717, 1.165) is 33.7 Å². The van der Waals surface area contributed by atoms with Crippen molar-refractivity contribution in [2.45, 2.75) is 6.92 Å². The third-order valence-electron chi connectivity index (χ3n) is 4.30. The molecule has 0 aliphatic carbocycles. The number of nitrogens with zero attached hydrogens (tertiary/aromatic N) is 1. The Morgan fingerprint density at radius 3 is 2.08 bits per heavy atom. The molecule has 0 spiro atoms. The van der Waals surface area contributed by atoms with Gasteiger partial charge in [-0.3, -0.25) is 0 Å². The lowest BCUT2D eigenvalue weighted by Gasteiger charge is -2.17. The van der Waals surface area contributed by atoms with Crippen LogP contribution in [-0.4, -0.2) is 32.8 Å². The van der Waals surface area contributed by atoms with E-state index in [4.69, 9.17) is 18.9 Å². The van der Waals surface area contributed by atoms with Crippen LogP contribution < -0.4 is 18.9 Å². The Balaban J connectivity index is 2.17. The molecule has 2 aromatic carbocycles. The van der Waals surface area contributed by atoms with Gasteiger partial charge in [-0.2, -0.15) is 4.37 Å². The van der Waals surface area contributed by atoms with Gasteiger partial charge in [0, 0.05) is 22.1 Å². The summed E-state index contributed by atoms with van der Waals surface area (Å²) in [5.74, 6) is 2.66. The summed E-state index contributed by atoms with van der Waals surface area (Å²) < 4.78 is 26.4. The predicted octanol–water partition coefficient (Wildman–Crippen LogP) is 4.82. The van der Waals surface area contributed by atoms with Crippen LogP contribution in [0.4, 0.5) is 0 Å². The van der Waals surface area contributed by atoms with Gasteiger partial charge >= 0.3 is 0 Å². The Morgan fingerprint density at radius 1 is 0.808 bits per heavy atom. The molecule has 0 aliphatic heterocycles. The predicted molar refractivity (Wildman–Crippen MR) is 104 cm³/mol. The smallest absolute Gasteiger partial charge is 0.203 e. The van der Waals surface area contributed by atoms with E-state index in [1.165, 1.54) is 11.5 Å². The van der Waals surface area contributed by atoms with E-state index in [0.29, 0.717) is 17.2 Å². The van der Waals surface area contributed by atoms with Gasteiger partial charge in [0.15, 0.2) is 11.5 Å². The molecule has 0 amide bonds. The number of aromatic nitrogens is 1. The van der Waals surface area contributed by atoms with Crippen LogP contribution in [0.2, 0.25) is 0 Å². The lowest BCUT2D eigenvalue weighted by Crippen LogP contribution is -1.99. The van der Waals surface area contributed by atoms with Gasteiger partial charge in [0.05, 0.1) is 34.1 Å². The van der Waals surface area contributed by atoms with Gasteiger partial charge in [-0.1, -0.05) is 12.1 Å². The second-order valence-electron chi connectivity index (χ2n) is 5.62. The molecule has 5 nitrogen and oxygen atoms in total. The first-order valence-corrected chi connectivity index (χ1v) is 8.87. The fraction of sp³-hybridized carbons (Fsp3) is 0.250. The van der Waals surface area contributed by atoms with E-state index in [1.807, 2.05) is 42.6 Å². The molecule has 0 aliphatic rings. The van der Waals surface area contributed by atoms with Crippen LogP contribution in [0.5, 0.6) is 23.0 Å². The molecule has 136 valence electrons. The molecule has 0 radical (unpaired) electrons. The molecule has 0 N–H and O–H groups in total. The third-order valence-corrected chi connectivity index (χ3v) is 4.93. The summed E-state index contributed by atoms with van der Waals surface area (Å²) in [5.41, 5.74) is 4.91. The zero-order chi connectivity index (χ0) is 18.7. The molecule has 26 heavy (non-hydrogen) atoms. The van der Waals surface area contributed by atoms with Crippen LogP contribution in [0, 0.1) is 6.92 Å². The second-order valence-corrected chi connectivity index (χ2v) is 6.25. The quantitative estimate of drug-likeness (QED) is 0.622. The lowest BCUT2D eigenvalue weighted by molar-refractivity contribution is 0.323. The monoisotopic (exact) mass is 371 g/mol. The first kappa shape index (κ1) is 18.1. The zero-order valence-electron chi connectivity index (χ0n) is 15.5. The summed E-state index contributed by atoms with van der Waals surface area (Å²) in [7, 11) is 6.50. The molecule has 3 rings (SSSR count). The Kier molecular flexibility index (Phi) is 5.32. The Bertz CT molecular complexity index is 903.